The van der Waals surface area contributed by atoms with Crippen molar-refractivity contribution in [1.29, 1.82) is 0 Å². The van der Waals surface area contributed by atoms with Crippen LogP contribution in [0.5, 0.6) is 0 Å². The van der Waals surface area contributed by atoms with E-state index in [1.165, 1.54) is 33.0 Å². The van der Waals surface area contributed by atoms with Crippen molar-refractivity contribution in [2.24, 2.45) is 5.10 Å². The summed E-state index contributed by atoms with van der Waals surface area (Å²) in [5, 5.41) is 7.12. The van der Waals surface area contributed by atoms with Crippen LogP contribution in [0.4, 0.5) is 0 Å². The van der Waals surface area contributed by atoms with Gasteiger partial charge in [-0.3, -0.25) is 5.43 Å². The first-order valence-corrected chi connectivity index (χ1v) is 11.4. The van der Waals surface area contributed by atoms with Crippen LogP contribution in [0.1, 0.15) is 5.69 Å². The number of fused-ring (bicyclic) bond motifs is 5. The first kappa shape index (κ1) is 18.4. The van der Waals surface area contributed by atoms with E-state index in [0.717, 1.165) is 49.1 Å². The molecule has 0 unspecified atom stereocenters. The van der Waals surface area contributed by atoms with Gasteiger partial charge in [-0.25, -0.2) is 0 Å². The number of halogens is 1. The first-order valence-electron chi connectivity index (χ1n) is 10.6. The molecule has 6 rings (SSSR count). The lowest BCUT2D eigenvalue weighted by Gasteiger charge is -2.32. The molecule has 0 aliphatic carbocycles. The molecule has 1 saturated heterocycles. The van der Waals surface area contributed by atoms with Gasteiger partial charge in [-0.15, -0.1) is 0 Å². The fraction of sp³-hybridized carbons (Fsp3) is 0.348. The molecule has 1 fully saturated rings. The molecule has 4 heterocycles. The van der Waals surface area contributed by atoms with Crippen molar-refractivity contribution in [3.05, 3.63) is 58.1 Å². The Hall–Kier alpha value is -2.35. The third kappa shape index (κ3) is 2.87. The van der Waals surface area contributed by atoms with Crippen LogP contribution in [-0.4, -0.2) is 58.5 Å². The van der Waals surface area contributed by atoms with E-state index >= 15 is 0 Å². The Morgan fingerprint density at radius 2 is 1.90 bits per heavy atom. The fourth-order valence-corrected chi connectivity index (χ4v) is 5.27. The molecule has 1 N–H and O–H groups in total. The molecule has 0 spiro atoms. The highest BCUT2D eigenvalue weighted by Gasteiger charge is 2.19. The maximum atomic E-state index is 4.65. The SMILES string of the molecule is CN1CCN(CCc2cc3cccc4c5n(c6ccc(Br)cc6n2c34)CNN=5)CC1. The van der Waals surface area contributed by atoms with Crippen molar-refractivity contribution in [3.63, 3.8) is 0 Å². The molecule has 2 aromatic heterocycles. The predicted molar refractivity (Wildman–Crippen MR) is 124 cm³/mol. The molecule has 0 amide bonds. The molecule has 0 radical (unpaired) electrons. The Morgan fingerprint density at radius 1 is 1.03 bits per heavy atom. The minimum atomic E-state index is 0.696. The van der Waals surface area contributed by atoms with E-state index in [0.29, 0.717) is 6.67 Å². The highest BCUT2D eigenvalue weighted by atomic mass is 79.9. The van der Waals surface area contributed by atoms with Gasteiger partial charge in [0.25, 0.3) is 0 Å². The zero-order chi connectivity index (χ0) is 20.2. The average molecular weight is 465 g/mol. The lowest BCUT2D eigenvalue weighted by molar-refractivity contribution is 0.155. The van der Waals surface area contributed by atoms with Crippen molar-refractivity contribution in [3.8, 4) is 0 Å². The van der Waals surface area contributed by atoms with Crippen molar-refractivity contribution >= 4 is 43.3 Å². The zero-order valence-corrected chi connectivity index (χ0v) is 18.7. The number of likely N-dealkylation sites (N-methyl/N-ethyl adjacent to an activating group) is 1. The van der Waals surface area contributed by atoms with Crippen LogP contribution in [0.25, 0.3) is 27.3 Å². The summed E-state index contributed by atoms with van der Waals surface area (Å²) in [6.45, 7) is 6.41. The van der Waals surface area contributed by atoms with Crippen molar-refractivity contribution < 1.29 is 0 Å². The number of para-hydroxylation sites is 1. The number of rotatable bonds is 3. The maximum absolute atomic E-state index is 4.65. The van der Waals surface area contributed by atoms with Gasteiger partial charge in [0, 0.05) is 60.1 Å². The third-order valence-electron chi connectivity index (χ3n) is 6.56. The third-order valence-corrected chi connectivity index (χ3v) is 7.05. The standard InChI is InChI=1S/C23H25BrN6/c1-27-9-11-28(12-10-27)8-7-18-13-16-3-2-4-19-22(16)30(18)21-14-17(24)5-6-20(21)29-15-25-26-23(19)29/h2-6,13-14,25H,7-12,15H2,1H3. The summed E-state index contributed by atoms with van der Waals surface area (Å²) in [5.41, 5.74) is 9.22. The number of aromatic nitrogens is 2. The number of nitrogens with zero attached hydrogens (tertiary/aromatic N) is 5. The summed E-state index contributed by atoms with van der Waals surface area (Å²) in [4.78, 5) is 5.01. The number of benzene rings is 2. The largest absolute Gasteiger partial charge is 0.311 e. The summed E-state index contributed by atoms with van der Waals surface area (Å²) in [7, 11) is 2.21. The second-order valence-electron chi connectivity index (χ2n) is 8.42. The molecule has 7 heteroatoms. The lowest BCUT2D eigenvalue weighted by atomic mass is 10.2. The van der Waals surface area contributed by atoms with E-state index in [1.54, 1.807) is 0 Å². The summed E-state index contributed by atoms with van der Waals surface area (Å²) in [5.74, 6) is 0. The van der Waals surface area contributed by atoms with Crippen molar-refractivity contribution in [1.82, 2.24) is 24.2 Å². The number of hydrogen-bond acceptors (Lipinski definition) is 4. The zero-order valence-electron chi connectivity index (χ0n) is 17.1. The van der Waals surface area contributed by atoms with Gasteiger partial charge in [-0.1, -0.05) is 28.1 Å². The van der Waals surface area contributed by atoms with Gasteiger partial charge in [0.05, 0.1) is 16.6 Å². The Kier molecular flexibility index (Phi) is 4.37. The van der Waals surface area contributed by atoms with Gasteiger partial charge in [-0.2, -0.15) is 5.10 Å². The lowest BCUT2D eigenvalue weighted by Crippen LogP contribution is -2.45. The van der Waals surface area contributed by atoms with Crippen molar-refractivity contribution in [2.75, 3.05) is 39.8 Å². The molecule has 6 nitrogen and oxygen atoms in total. The Morgan fingerprint density at radius 3 is 2.77 bits per heavy atom. The Balaban J connectivity index is 1.59. The van der Waals surface area contributed by atoms with E-state index < -0.39 is 0 Å². The van der Waals surface area contributed by atoms with Gasteiger partial charge in [0.15, 0.2) is 5.49 Å². The summed E-state index contributed by atoms with van der Waals surface area (Å²) in [6.07, 6.45) is 1.04. The molecule has 2 aliphatic heterocycles. The van der Waals surface area contributed by atoms with Crippen LogP contribution in [0.2, 0.25) is 0 Å². The average Bonchev–Trinajstić information content (AvgIpc) is 3.35. The highest BCUT2D eigenvalue weighted by molar-refractivity contribution is 9.10. The van der Waals surface area contributed by atoms with E-state index in [9.17, 15) is 0 Å². The van der Waals surface area contributed by atoms with Crippen LogP contribution >= 0.6 is 15.9 Å². The molecule has 30 heavy (non-hydrogen) atoms. The molecule has 2 aliphatic rings. The quantitative estimate of drug-likeness (QED) is 0.506. The maximum Gasteiger partial charge on any atom is 0.163 e. The normalized spacial score (nSPS) is 17.5. The predicted octanol–water partition coefficient (Wildman–Crippen LogP) is 2.98. The van der Waals surface area contributed by atoms with Crippen LogP contribution in [-0.2, 0) is 13.1 Å². The fourth-order valence-electron chi connectivity index (χ4n) is 4.92. The van der Waals surface area contributed by atoms with Crippen molar-refractivity contribution in [2.45, 2.75) is 13.1 Å². The second-order valence-corrected chi connectivity index (χ2v) is 9.34. The first-order chi connectivity index (χ1) is 14.7. The molecular formula is C23H25BrN6. The van der Waals surface area contributed by atoms with Gasteiger partial charge in [0.2, 0.25) is 0 Å². The molecule has 4 aromatic rings. The summed E-state index contributed by atoms with van der Waals surface area (Å²) >= 11 is 3.71. The van der Waals surface area contributed by atoms with Gasteiger partial charge in [0.1, 0.15) is 6.67 Å². The summed E-state index contributed by atoms with van der Waals surface area (Å²) in [6, 6.07) is 15.5. The monoisotopic (exact) mass is 464 g/mol. The topological polar surface area (TPSA) is 40.2 Å². The Labute approximate surface area is 183 Å². The second kappa shape index (κ2) is 7.11. The highest BCUT2D eigenvalue weighted by Crippen LogP contribution is 2.29. The number of piperazine rings is 1. The van der Waals surface area contributed by atoms with Crippen LogP contribution < -0.4 is 10.9 Å². The minimum absolute atomic E-state index is 0.696. The van der Waals surface area contributed by atoms with Crippen LogP contribution in [0, 0.1) is 0 Å². The van der Waals surface area contributed by atoms with Gasteiger partial charge >= 0.3 is 0 Å². The van der Waals surface area contributed by atoms with Crippen LogP contribution in [0.15, 0.2) is 52.0 Å². The molecule has 0 bridgehead atoms. The molecule has 154 valence electrons. The summed E-state index contributed by atoms with van der Waals surface area (Å²) < 4.78 is 5.85. The molecule has 0 atom stereocenters. The Bertz CT molecular complexity index is 1340. The van der Waals surface area contributed by atoms with E-state index in [4.69, 9.17) is 0 Å². The van der Waals surface area contributed by atoms with E-state index in [1.807, 2.05) is 0 Å². The van der Waals surface area contributed by atoms with Gasteiger partial charge < -0.3 is 18.8 Å². The van der Waals surface area contributed by atoms with E-state index in [-0.39, 0.29) is 0 Å². The van der Waals surface area contributed by atoms with Gasteiger partial charge in [-0.05, 0) is 37.4 Å². The number of hydrogen-bond donors (Lipinski definition) is 1. The molecule has 0 saturated carbocycles. The molecular weight excluding hydrogens is 440 g/mol. The van der Waals surface area contributed by atoms with Crippen LogP contribution in [0.3, 0.4) is 0 Å². The van der Waals surface area contributed by atoms with E-state index in [2.05, 4.69) is 94.7 Å². The smallest absolute Gasteiger partial charge is 0.163 e. The number of nitrogens with one attached hydrogen (secondary N) is 1. The molecule has 2 aromatic carbocycles. The minimum Gasteiger partial charge on any atom is -0.311 e.